The molecule has 3 saturated carbocycles. The third-order valence-electron chi connectivity index (χ3n) is 9.88. The standard InChI is InChI=1S/C24H40O5/c1-4-24(25)10-8-19-17-5-6-20-18(16(17)7-9-22(19,24)2)15-21-23(3,28-13-11-26-20)29-14-12-27-21/h16-21,25H,4-15H2,1-3H3/t16-,17+,18+,19-,20?,21?,22-,23?,24-/m0/s1. The van der Waals surface area contributed by atoms with Crippen molar-refractivity contribution in [1.82, 2.24) is 0 Å². The first kappa shape index (κ1) is 20.7. The molecule has 5 nitrogen and oxygen atoms in total. The molecule has 3 aliphatic carbocycles. The molecule has 0 aromatic carbocycles. The molecule has 5 fully saturated rings. The van der Waals surface area contributed by atoms with E-state index in [0.717, 1.165) is 32.1 Å². The van der Waals surface area contributed by atoms with Gasteiger partial charge in [-0.05, 0) is 87.4 Å². The Balaban J connectivity index is 1.41. The van der Waals surface area contributed by atoms with Gasteiger partial charge in [0.25, 0.3) is 0 Å². The fourth-order valence-electron chi connectivity index (χ4n) is 8.12. The van der Waals surface area contributed by atoms with E-state index in [4.69, 9.17) is 18.9 Å². The number of aliphatic hydroxyl groups is 1. The second-order valence-electron chi connectivity index (χ2n) is 10.8. The molecular weight excluding hydrogens is 368 g/mol. The van der Waals surface area contributed by atoms with Crippen molar-refractivity contribution in [2.24, 2.45) is 29.1 Å². The fraction of sp³-hybridized carbons (Fsp3) is 1.00. The van der Waals surface area contributed by atoms with E-state index in [1.165, 1.54) is 19.3 Å². The molecule has 0 amide bonds. The summed E-state index contributed by atoms with van der Waals surface area (Å²) >= 11 is 0. The second-order valence-corrected chi connectivity index (χ2v) is 10.8. The van der Waals surface area contributed by atoms with Crippen LogP contribution < -0.4 is 0 Å². The van der Waals surface area contributed by atoms with Crippen LogP contribution in [-0.2, 0) is 18.9 Å². The highest BCUT2D eigenvalue weighted by Crippen LogP contribution is 2.65. The number of fused-ring (bicyclic) bond motifs is 6. The van der Waals surface area contributed by atoms with Crippen LogP contribution in [0.15, 0.2) is 0 Å². The van der Waals surface area contributed by atoms with Crippen molar-refractivity contribution < 1.29 is 24.1 Å². The van der Waals surface area contributed by atoms with Crippen LogP contribution in [0.3, 0.4) is 0 Å². The molecule has 0 aromatic heterocycles. The Kier molecular flexibility index (Phi) is 5.31. The highest BCUT2D eigenvalue weighted by atomic mass is 16.7. The molecule has 5 aliphatic rings. The Hall–Kier alpha value is -0.200. The molecule has 0 radical (unpaired) electrons. The van der Waals surface area contributed by atoms with Gasteiger partial charge in [0.15, 0.2) is 5.79 Å². The minimum atomic E-state index is -0.650. The summed E-state index contributed by atoms with van der Waals surface area (Å²) in [7, 11) is 0. The summed E-state index contributed by atoms with van der Waals surface area (Å²) in [5.41, 5.74) is -0.391. The summed E-state index contributed by atoms with van der Waals surface area (Å²) < 4.78 is 24.8. The second kappa shape index (κ2) is 7.44. The lowest BCUT2D eigenvalue weighted by molar-refractivity contribution is -0.318. The van der Waals surface area contributed by atoms with Gasteiger partial charge >= 0.3 is 0 Å². The maximum absolute atomic E-state index is 11.4. The van der Waals surface area contributed by atoms with Crippen molar-refractivity contribution >= 4 is 0 Å². The van der Waals surface area contributed by atoms with Crippen LogP contribution in [-0.4, -0.2) is 55.1 Å². The van der Waals surface area contributed by atoms with Crippen LogP contribution >= 0.6 is 0 Å². The number of hydrogen-bond acceptors (Lipinski definition) is 5. The monoisotopic (exact) mass is 408 g/mol. The smallest absolute Gasteiger partial charge is 0.191 e. The van der Waals surface area contributed by atoms with Gasteiger partial charge in [0, 0.05) is 0 Å². The quantitative estimate of drug-likeness (QED) is 0.713. The van der Waals surface area contributed by atoms with E-state index in [9.17, 15) is 5.11 Å². The van der Waals surface area contributed by atoms with Crippen molar-refractivity contribution in [2.75, 3.05) is 26.4 Å². The average molecular weight is 409 g/mol. The highest BCUT2D eigenvalue weighted by Gasteiger charge is 2.62. The largest absolute Gasteiger partial charge is 0.389 e. The van der Waals surface area contributed by atoms with Gasteiger partial charge < -0.3 is 24.1 Å². The van der Waals surface area contributed by atoms with Crippen molar-refractivity contribution in [3.05, 3.63) is 0 Å². The van der Waals surface area contributed by atoms with Gasteiger partial charge in [0.1, 0.15) is 6.10 Å². The SMILES string of the molecule is CC[C@]1(O)CC[C@H]2[C@@H]3CCC4OCCOC5(C)OCCOC5C[C@@H]4[C@H]3CC[C@@]21C. The Bertz CT molecular complexity index is 612. The van der Waals surface area contributed by atoms with Crippen molar-refractivity contribution in [2.45, 2.75) is 95.7 Å². The first-order valence-electron chi connectivity index (χ1n) is 12.1. The lowest BCUT2D eigenvalue weighted by Gasteiger charge is -2.56. The summed E-state index contributed by atoms with van der Waals surface area (Å²) in [6, 6.07) is 0. The molecule has 29 heavy (non-hydrogen) atoms. The van der Waals surface area contributed by atoms with Crippen molar-refractivity contribution in [1.29, 1.82) is 0 Å². The number of rotatable bonds is 1. The van der Waals surface area contributed by atoms with Crippen LogP contribution in [0.5, 0.6) is 0 Å². The summed E-state index contributed by atoms with van der Waals surface area (Å²) in [4.78, 5) is 0. The summed E-state index contributed by atoms with van der Waals surface area (Å²) in [5, 5.41) is 11.4. The molecule has 5 rings (SSSR count). The lowest BCUT2D eigenvalue weighted by atomic mass is 9.51. The van der Waals surface area contributed by atoms with Crippen molar-refractivity contribution in [3.8, 4) is 0 Å². The van der Waals surface area contributed by atoms with Crippen LogP contribution in [0.4, 0.5) is 0 Å². The molecule has 5 heteroatoms. The molecule has 0 spiro atoms. The molecule has 9 atom stereocenters. The Morgan fingerprint density at radius 1 is 0.828 bits per heavy atom. The van der Waals surface area contributed by atoms with Gasteiger partial charge in [-0.1, -0.05) is 13.8 Å². The Morgan fingerprint density at radius 3 is 2.34 bits per heavy atom. The summed E-state index contributed by atoms with van der Waals surface area (Å²) in [6.45, 7) is 9.07. The maximum atomic E-state index is 11.4. The first-order chi connectivity index (χ1) is 13.9. The zero-order valence-electron chi connectivity index (χ0n) is 18.5. The minimum Gasteiger partial charge on any atom is -0.389 e. The average Bonchev–Trinajstić information content (AvgIpc) is 3.02. The van der Waals surface area contributed by atoms with Crippen LogP contribution in [0.2, 0.25) is 0 Å². The minimum absolute atomic E-state index is 0.0198. The molecule has 0 aromatic rings. The maximum Gasteiger partial charge on any atom is 0.191 e. The molecule has 2 saturated heterocycles. The van der Waals surface area contributed by atoms with Gasteiger partial charge in [-0.2, -0.15) is 0 Å². The molecule has 3 unspecified atom stereocenters. The molecule has 1 N–H and O–H groups in total. The summed E-state index contributed by atoms with van der Waals surface area (Å²) in [5.74, 6) is 1.87. The predicted octanol–water partition coefficient (Wildman–Crippen LogP) is 3.92. The van der Waals surface area contributed by atoms with E-state index in [1.807, 2.05) is 6.92 Å². The number of ether oxygens (including phenoxy) is 4. The van der Waals surface area contributed by atoms with Gasteiger partial charge in [-0.3, -0.25) is 0 Å². The molecule has 2 aliphatic heterocycles. The van der Waals surface area contributed by atoms with Crippen molar-refractivity contribution in [3.63, 3.8) is 0 Å². The van der Waals surface area contributed by atoms with E-state index in [0.29, 0.717) is 56.2 Å². The van der Waals surface area contributed by atoms with Gasteiger partial charge in [-0.25, -0.2) is 0 Å². The topological polar surface area (TPSA) is 57.2 Å². The van der Waals surface area contributed by atoms with E-state index in [-0.39, 0.29) is 11.5 Å². The van der Waals surface area contributed by atoms with E-state index in [2.05, 4.69) is 13.8 Å². The van der Waals surface area contributed by atoms with E-state index < -0.39 is 11.4 Å². The fourth-order valence-corrected chi connectivity index (χ4v) is 8.12. The Morgan fingerprint density at radius 2 is 1.59 bits per heavy atom. The normalized spacial score (nSPS) is 55.4. The van der Waals surface area contributed by atoms with Crippen LogP contribution in [0.25, 0.3) is 0 Å². The lowest BCUT2D eigenvalue weighted by Crippen LogP contribution is -2.56. The first-order valence-corrected chi connectivity index (χ1v) is 12.1. The number of hydrogen-bond donors (Lipinski definition) is 1. The van der Waals surface area contributed by atoms with Crippen LogP contribution in [0.1, 0.15) is 72.1 Å². The highest BCUT2D eigenvalue weighted by molar-refractivity contribution is 5.12. The van der Waals surface area contributed by atoms with Gasteiger partial charge in [-0.15, -0.1) is 0 Å². The zero-order valence-corrected chi connectivity index (χ0v) is 18.5. The summed E-state index contributed by atoms with van der Waals surface area (Å²) in [6.07, 6.45) is 9.02. The van der Waals surface area contributed by atoms with Gasteiger partial charge in [0.05, 0.1) is 38.1 Å². The van der Waals surface area contributed by atoms with Gasteiger partial charge in [0.2, 0.25) is 0 Å². The molecule has 166 valence electrons. The van der Waals surface area contributed by atoms with Crippen LogP contribution in [0, 0.1) is 29.1 Å². The third-order valence-corrected chi connectivity index (χ3v) is 9.88. The van der Waals surface area contributed by atoms with E-state index >= 15 is 0 Å². The molecule has 0 bridgehead atoms. The predicted molar refractivity (Wildman–Crippen MR) is 109 cm³/mol. The third kappa shape index (κ3) is 3.14. The molecular formula is C24H40O5. The molecule has 2 heterocycles. The van der Waals surface area contributed by atoms with E-state index in [1.54, 1.807) is 0 Å². The Labute approximate surface area is 175 Å². The zero-order chi connectivity index (χ0) is 20.3.